The number of thiophene rings is 1. The fourth-order valence-corrected chi connectivity index (χ4v) is 2.93. The third-order valence-electron chi connectivity index (χ3n) is 3.09. The fraction of sp³-hybridized carbons (Fsp3) is 0.125. The van der Waals surface area contributed by atoms with E-state index in [0.717, 1.165) is 22.2 Å². The first kappa shape index (κ1) is 17.7. The van der Waals surface area contributed by atoms with E-state index in [0.29, 0.717) is 0 Å². The predicted molar refractivity (Wildman–Crippen MR) is 94.0 cm³/mol. The summed E-state index contributed by atoms with van der Waals surface area (Å²) in [5.74, 6) is -0.675. The summed E-state index contributed by atoms with van der Waals surface area (Å²) < 4.78 is 0. The van der Waals surface area contributed by atoms with E-state index in [1.54, 1.807) is 0 Å². The summed E-state index contributed by atoms with van der Waals surface area (Å²) in [6, 6.07) is 9.29. The Morgan fingerprint density at radius 2 is 2.21 bits per heavy atom. The van der Waals surface area contributed by atoms with Crippen LogP contribution in [0.25, 0.3) is 6.08 Å². The summed E-state index contributed by atoms with van der Waals surface area (Å²) in [6.45, 7) is 2.02. The molecule has 0 radical (unpaired) electrons. The predicted octanol–water partition coefficient (Wildman–Crippen LogP) is 4.42. The van der Waals surface area contributed by atoms with Crippen LogP contribution in [0.5, 0.6) is 0 Å². The number of hydrogen-bond acceptors (Lipinski definition) is 5. The second-order valence-corrected chi connectivity index (χ2v) is 6.31. The summed E-state index contributed by atoms with van der Waals surface area (Å²) in [5, 5.41) is 22.6. The zero-order chi connectivity index (χ0) is 17.7. The molecular weight excluding hydrogens is 350 g/mol. The van der Waals surface area contributed by atoms with Crippen LogP contribution >= 0.6 is 22.9 Å². The zero-order valence-corrected chi connectivity index (χ0v) is 14.1. The van der Waals surface area contributed by atoms with Crippen molar-refractivity contribution in [3.05, 3.63) is 60.8 Å². The smallest absolute Gasteiger partial charge is 0.271 e. The quantitative estimate of drug-likeness (QED) is 0.369. The second kappa shape index (κ2) is 7.73. The van der Waals surface area contributed by atoms with Crippen LogP contribution < -0.4 is 5.32 Å². The lowest BCUT2D eigenvalue weighted by Gasteiger charge is -2.06. The van der Waals surface area contributed by atoms with Crippen LogP contribution in [0.15, 0.2) is 35.9 Å². The van der Waals surface area contributed by atoms with Crippen LogP contribution in [0.3, 0.4) is 0 Å². The van der Waals surface area contributed by atoms with Gasteiger partial charge in [-0.05, 0) is 30.7 Å². The molecule has 2 aromatic rings. The average molecular weight is 362 g/mol. The Bertz CT molecular complexity index is 868. The first-order valence-electron chi connectivity index (χ1n) is 6.90. The van der Waals surface area contributed by atoms with Gasteiger partial charge in [-0.15, -0.1) is 11.3 Å². The second-order valence-electron chi connectivity index (χ2n) is 4.70. The summed E-state index contributed by atoms with van der Waals surface area (Å²) >= 11 is 7.42. The Labute approximate surface area is 147 Å². The molecule has 0 unspecified atom stereocenters. The first-order chi connectivity index (χ1) is 11.4. The highest BCUT2D eigenvalue weighted by atomic mass is 35.5. The maximum Gasteiger partial charge on any atom is 0.271 e. The molecule has 6 nitrogen and oxygen atoms in total. The number of nitro groups is 1. The highest BCUT2D eigenvalue weighted by Crippen LogP contribution is 2.27. The number of aryl methyl sites for hydroxylation is 1. The molecule has 0 aliphatic carbocycles. The molecular formula is C16H12ClN3O3S. The van der Waals surface area contributed by atoms with Crippen molar-refractivity contribution >= 4 is 46.3 Å². The van der Waals surface area contributed by atoms with Gasteiger partial charge >= 0.3 is 0 Å². The molecule has 8 heteroatoms. The highest BCUT2D eigenvalue weighted by molar-refractivity contribution is 7.12. The molecule has 0 saturated carbocycles. The van der Waals surface area contributed by atoms with Gasteiger partial charge in [0.15, 0.2) is 0 Å². The number of carbonyl (C=O) groups is 1. The molecule has 1 aromatic heterocycles. The van der Waals surface area contributed by atoms with Gasteiger partial charge in [0.25, 0.3) is 11.6 Å². The van der Waals surface area contributed by atoms with E-state index in [-0.39, 0.29) is 22.0 Å². The van der Waals surface area contributed by atoms with Crippen molar-refractivity contribution in [1.29, 1.82) is 5.26 Å². The average Bonchev–Trinajstić information content (AvgIpc) is 3.02. The van der Waals surface area contributed by atoms with Gasteiger partial charge in [0.2, 0.25) is 0 Å². The molecule has 24 heavy (non-hydrogen) atoms. The SMILES string of the molecule is CCc1ccc(/C=C(\C#N)C(=O)Nc2cc([N+](=O)[O-])ccc2Cl)s1. The molecule has 0 aliphatic heterocycles. The molecule has 0 spiro atoms. The lowest BCUT2D eigenvalue weighted by molar-refractivity contribution is -0.384. The summed E-state index contributed by atoms with van der Waals surface area (Å²) in [6.07, 6.45) is 2.35. The first-order valence-corrected chi connectivity index (χ1v) is 8.09. The number of nitriles is 1. The van der Waals surface area contributed by atoms with E-state index < -0.39 is 10.8 Å². The maximum atomic E-state index is 12.2. The van der Waals surface area contributed by atoms with Gasteiger partial charge in [0, 0.05) is 21.9 Å². The van der Waals surface area contributed by atoms with E-state index in [1.165, 1.54) is 29.5 Å². The van der Waals surface area contributed by atoms with E-state index in [1.807, 2.05) is 25.1 Å². The molecule has 1 N–H and O–H groups in total. The molecule has 0 fully saturated rings. The highest BCUT2D eigenvalue weighted by Gasteiger charge is 2.15. The number of halogens is 1. The number of hydrogen-bond donors (Lipinski definition) is 1. The van der Waals surface area contributed by atoms with E-state index in [9.17, 15) is 20.2 Å². The monoisotopic (exact) mass is 361 g/mol. The number of non-ortho nitro benzene ring substituents is 1. The zero-order valence-electron chi connectivity index (χ0n) is 12.6. The van der Waals surface area contributed by atoms with E-state index in [4.69, 9.17) is 11.6 Å². The Balaban J connectivity index is 2.25. The van der Waals surface area contributed by atoms with Gasteiger partial charge in [-0.25, -0.2) is 0 Å². The van der Waals surface area contributed by atoms with Gasteiger partial charge in [-0.1, -0.05) is 18.5 Å². The van der Waals surface area contributed by atoms with Crippen LogP contribution in [0.2, 0.25) is 5.02 Å². The van der Waals surface area contributed by atoms with Crippen LogP contribution in [0.1, 0.15) is 16.7 Å². The van der Waals surface area contributed by atoms with Gasteiger partial charge < -0.3 is 5.32 Å². The van der Waals surface area contributed by atoms with Gasteiger partial charge in [-0.3, -0.25) is 14.9 Å². The number of nitro benzene ring substituents is 1. The summed E-state index contributed by atoms with van der Waals surface area (Å²) in [5.41, 5.74) is -0.234. The number of rotatable bonds is 5. The van der Waals surface area contributed by atoms with Crippen LogP contribution in [0, 0.1) is 21.4 Å². The standard InChI is InChI=1S/C16H12ClN3O3S/c1-2-12-4-5-13(24-12)7-10(9-18)16(21)19-15-8-11(20(22)23)3-6-14(15)17/h3-8H,2H2,1H3,(H,19,21)/b10-7+. The van der Waals surface area contributed by atoms with Crippen molar-refractivity contribution in [2.75, 3.05) is 5.32 Å². The molecule has 1 heterocycles. The van der Waals surface area contributed by atoms with Crippen molar-refractivity contribution in [2.24, 2.45) is 0 Å². The molecule has 0 aliphatic rings. The third kappa shape index (κ3) is 4.19. The number of anilines is 1. The third-order valence-corrected chi connectivity index (χ3v) is 4.60. The van der Waals surface area contributed by atoms with E-state index in [2.05, 4.69) is 5.32 Å². The Kier molecular flexibility index (Phi) is 5.68. The molecule has 122 valence electrons. The van der Waals surface area contributed by atoms with Crippen molar-refractivity contribution in [1.82, 2.24) is 0 Å². The number of amides is 1. The number of nitrogens with zero attached hydrogens (tertiary/aromatic N) is 2. The maximum absolute atomic E-state index is 12.2. The van der Waals surface area contributed by atoms with Crippen LogP contribution in [-0.2, 0) is 11.2 Å². The van der Waals surface area contributed by atoms with Gasteiger partial charge in [0.1, 0.15) is 11.6 Å². The van der Waals surface area contributed by atoms with Gasteiger partial charge in [-0.2, -0.15) is 5.26 Å². The van der Waals surface area contributed by atoms with E-state index >= 15 is 0 Å². The molecule has 0 saturated heterocycles. The summed E-state index contributed by atoms with van der Waals surface area (Å²) in [4.78, 5) is 24.4. The Morgan fingerprint density at radius 3 is 2.79 bits per heavy atom. The molecule has 0 bridgehead atoms. The van der Waals surface area contributed by atoms with Gasteiger partial charge in [0.05, 0.1) is 15.6 Å². The van der Waals surface area contributed by atoms with Crippen LogP contribution in [-0.4, -0.2) is 10.8 Å². The minimum Gasteiger partial charge on any atom is -0.320 e. The largest absolute Gasteiger partial charge is 0.320 e. The lowest BCUT2D eigenvalue weighted by atomic mass is 10.2. The Morgan fingerprint density at radius 1 is 1.46 bits per heavy atom. The molecule has 1 aromatic carbocycles. The molecule has 1 amide bonds. The molecule has 0 atom stereocenters. The van der Waals surface area contributed by atoms with Crippen molar-refractivity contribution in [2.45, 2.75) is 13.3 Å². The normalized spacial score (nSPS) is 11.0. The lowest BCUT2D eigenvalue weighted by Crippen LogP contribution is -2.13. The van der Waals surface area contributed by atoms with Crippen molar-refractivity contribution in [3.8, 4) is 6.07 Å². The number of nitrogens with one attached hydrogen (secondary N) is 1. The minimum atomic E-state index is -0.675. The van der Waals surface area contributed by atoms with Crippen molar-refractivity contribution in [3.63, 3.8) is 0 Å². The minimum absolute atomic E-state index is 0.0810. The van der Waals surface area contributed by atoms with Crippen LogP contribution in [0.4, 0.5) is 11.4 Å². The topological polar surface area (TPSA) is 96.0 Å². The summed E-state index contributed by atoms with van der Waals surface area (Å²) in [7, 11) is 0. The Hall–Kier alpha value is -2.69. The molecule has 2 rings (SSSR count). The number of carbonyl (C=O) groups excluding carboxylic acids is 1. The number of benzene rings is 1. The fourth-order valence-electron chi connectivity index (χ4n) is 1.87. The van der Waals surface area contributed by atoms with Crippen molar-refractivity contribution < 1.29 is 9.72 Å².